The number of hydrogen-bond donors (Lipinski definition) is 4. The van der Waals surface area contributed by atoms with E-state index in [0.717, 1.165) is 6.54 Å². The van der Waals surface area contributed by atoms with Crippen molar-refractivity contribution in [2.45, 2.75) is 33.2 Å². The van der Waals surface area contributed by atoms with Gasteiger partial charge in [0.15, 0.2) is 0 Å². The van der Waals surface area contributed by atoms with E-state index in [4.69, 9.17) is 5.11 Å². The Hall–Kier alpha value is -0.160. The van der Waals surface area contributed by atoms with Crippen LogP contribution in [0.1, 0.15) is 20.8 Å². The minimum absolute atomic E-state index is 0.0162. The second-order valence-electron chi connectivity index (χ2n) is 3.15. The summed E-state index contributed by atoms with van der Waals surface area (Å²) in [5.74, 6) is 0.151. The van der Waals surface area contributed by atoms with Gasteiger partial charge in [-0.1, -0.05) is 20.8 Å². The highest BCUT2D eigenvalue weighted by Gasteiger charge is 2.13. The van der Waals surface area contributed by atoms with Crippen LogP contribution in [0.5, 0.6) is 0 Å². The van der Waals surface area contributed by atoms with Gasteiger partial charge >= 0.3 is 0 Å². The standard InChI is InChI=1S/C8H20N2O2/c1-4-9-7(5-11)10-8(12)6(2)3/h6-12H,4-5H2,1-3H3. The van der Waals surface area contributed by atoms with Crippen LogP contribution in [0, 0.1) is 5.92 Å². The second-order valence-corrected chi connectivity index (χ2v) is 3.15. The first-order valence-corrected chi connectivity index (χ1v) is 4.40. The largest absolute Gasteiger partial charge is 0.393 e. The van der Waals surface area contributed by atoms with Gasteiger partial charge in [0.2, 0.25) is 0 Å². The van der Waals surface area contributed by atoms with Gasteiger partial charge in [0.25, 0.3) is 0 Å². The monoisotopic (exact) mass is 176 g/mol. The molecule has 0 amide bonds. The fourth-order valence-electron chi connectivity index (χ4n) is 0.821. The van der Waals surface area contributed by atoms with Crippen molar-refractivity contribution >= 4 is 0 Å². The van der Waals surface area contributed by atoms with Crippen molar-refractivity contribution in [2.24, 2.45) is 5.92 Å². The maximum absolute atomic E-state index is 9.39. The fraction of sp³-hybridized carbons (Fsp3) is 1.00. The third-order valence-corrected chi connectivity index (χ3v) is 1.64. The molecule has 0 aliphatic carbocycles. The lowest BCUT2D eigenvalue weighted by Gasteiger charge is -2.23. The van der Waals surface area contributed by atoms with Crippen LogP contribution in [-0.4, -0.2) is 35.8 Å². The van der Waals surface area contributed by atoms with E-state index in [2.05, 4.69) is 10.6 Å². The zero-order valence-electron chi connectivity index (χ0n) is 8.04. The van der Waals surface area contributed by atoms with Gasteiger partial charge in [-0.05, 0) is 12.5 Å². The van der Waals surface area contributed by atoms with Gasteiger partial charge in [-0.2, -0.15) is 0 Å². The first-order valence-electron chi connectivity index (χ1n) is 4.40. The quantitative estimate of drug-likeness (QED) is 0.411. The predicted octanol–water partition coefficient (Wildman–Crippen LogP) is -0.522. The smallest absolute Gasteiger partial charge is 0.108 e. The molecule has 0 aromatic carbocycles. The van der Waals surface area contributed by atoms with E-state index in [9.17, 15) is 5.11 Å². The maximum atomic E-state index is 9.39. The summed E-state index contributed by atoms with van der Waals surface area (Å²) in [5, 5.41) is 24.1. The van der Waals surface area contributed by atoms with E-state index < -0.39 is 6.23 Å². The Balaban J connectivity index is 3.68. The molecule has 0 radical (unpaired) electrons. The Bertz CT molecular complexity index is 109. The molecular weight excluding hydrogens is 156 g/mol. The molecule has 0 saturated heterocycles. The molecule has 4 heteroatoms. The van der Waals surface area contributed by atoms with Gasteiger partial charge < -0.3 is 15.5 Å². The molecule has 4 N–H and O–H groups in total. The molecule has 74 valence electrons. The predicted molar refractivity (Wildman–Crippen MR) is 48.5 cm³/mol. The lowest BCUT2D eigenvalue weighted by atomic mass is 10.2. The molecule has 0 aliphatic heterocycles. The Morgan fingerprint density at radius 1 is 1.33 bits per heavy atom. The summed E-state index contributed by atoms with van der Waals surface area (Å²) in [4.78, 5) is 0. The molecule has 0 bridgehead atoms. The van der Waals surface area contributed by atoms with Crippen LogP contribution in [0.3, 0.4) is 0 Å². The molecule has 0 rings (SSSR count). The van der Waals surface area contributed by atoms with Gasteiger partial charge in [-0.25, -0.2) is 0 Å². The van der Waals surface area contributed by atoms with E-state index in [0.29, 0.717) is 0 Å². The maximum Gasteiger partial charge on any atom is 0.108 e. The van der Waals surface area contributed by atoms with Gasteiger partial charge in [-0.15, -0.1) is 0 Å². The normalized spacial score (nSPS) is 16.5. The molecule has 12 heavy (non-hydrogen) atoms. The lowest BCUT2D eigenvalue weighted by molar-refractivity contribution is 0.0587. The average molecular weight is 176 g/mol. The fourth-order valence-corrected chi connectivity index (χ4v) is 0.821. The van der Waals surface area contributed by atoms with Crippen LogP contribution in [-0.2, 0) is 0 Å². The van der Waals surface area contributed by atoms with E-state index in [1.807, 2.05) is 20.8 Å². The Morgan fingerprint density at radius 2 is 1.92 bits per heavy atom. The first-order chi connectivity index (χ1) is 5.61. The van der Waals surface area contributed by atoms with Crippen LogP contribution >= 0.6 is 0 Å². The van der Waals surface area contributed by atoms with Crippen molar-refractivity contribution in [1.29, 1.82) is 0 Å². The number of rotatable bonds is 6. The molecule has 0 spiro atoms. The number of aliphatic hydroxyl groups is 2. The SMILES string of the molecule is CCNC(CO)NC(O)C(C)C. The number of aliphatic hydroxyl groups excluding tert-OH is 2. The van der Waals surface area contributed by atoms with Gasteiger partial charge in [-0.3, -0.25) is 5.32 Å². The van der Waals surface area contributed by atoms with Crippen LogP contribution < -0.4 is 10.6 Å². The molecule has 0 aromatic rings. The third-order valence-electron chi connectivity index (χ3n) is 1.64. The van der Waals surface area contributed by atoms with E-state index in [1.54, 1.807) is 0 Å². The second kappa shape index (κ2) is 6.37. The first kappa shape index (κ1) is 11.8. The van der Waals surface area contributed by atoms with Gasteiger partial charge in [0.05, 0.1) is 12.8 Å². The van der Waals surface area contributed by atoms with Crippen molar-refractivity contribution in [3.63, 3.8) is 0 Å². The molecule has 2 atom stereocenters. The highest BCUT2D eigenvalue weighted by molar-refractivity contribution is 4.66. The lowest BCUT2D eigenvalue weighted by Crippen LogP contribution is -2.51. The molecule has 4 nitrogen and oxygen atoms in total. The number of nitrogens with one attached hydrogen (secondary N) is 2. The Labute approximate surface area is 74.0 Å². The minimum Gasteiger partial charge on any atom is -0.393 e. The molecule has 0 aliphatic rings. The van der Waals surface area contributed by atoms with Crippen molar-refractivity contribution in [3.05, 3.63) is 0 Å². The van der Waals surface area contributed by atoms with Crippen molar-refractivity contribution < 1.29 is 10.2 Å². The molecular formula is C8H20N2O2. The Kier molecular flexibility index (Phi) is 6.28. The highest BCUT2D eigenvalue weighted by Crippen LogP contribution is 1.97. The molecule has 0 aromatic heterocycles. The molecule has 0 heterocycles. The van der Waals surface area contributed by atoms with Gasteiger partial charge in [0, 0.05) is 0 Å². The summed E-state index contributed by atoms with van der Waals surface area (Å²) in [6.07, 6.45) is -0.784. The number of hydrogen-bond acceptors (Lipinski definition) is 4. The van der Waals surface area contributed by atoms with Crippen LogP contribution in [0.15, 0.2) is 0 Å². The summed E-state index contributed by atoms with van der Waals surface area (Å²) in [7, 11) is 0. The van der Waals surface area contributed by atoms with E-state index in [-0.39, 0.29) is 18.7 Å². The van der Waals surface area contributed by atoms with Crippen molar-refractivity contribution in [1.82, 2.24) is 10.6 Å². The van der Waals surface area contributed by atoms with Gasteiger partial charge in [0.1, 0.15) is 6.23 Å². The summed E-state index contributed by atoms with van der Waals surface area (Å²) in [6.45, 7) is 6.53. The summed E-state index contributed by atoms with van der Waals surface area (Å²) >= 11 is 0. The highest BCUT2D eigenvalue weighted by atomic mass is 16.3. The molecule has 2 unspecified atom stereocenters. The van der Waals surface area contributed by atoms with Crippen molar-refractivity contribution in [2.75, 3.05) is 13.2 Å². The zero-order chi connectivity index (χ0) is 9.56. The van der Waals surface area contributed by atoms with Crippen LogP contribution in [0.2, 0.25) is 0 Å². The zero-order valence-corrected chi connectivity index (χ0v) is 8.04. The minimum atomic E-state index is -0.568. The topological polar surface area (TPSA) is 64.5 Å². The van der Waals surface area contributed by atoms with Crippen LogP contribution in [0.25, 0.3) is 0 Å². The summed E-state index contributed by atoms with van der Waals surface area (Å²) < 4.78 is 0. The summed E-state index contributed by atoms with van der Waals surface area (Å²) in [6, 6.07) is 0. The van der Waals surface area contributed by atoms with Crippen LogP contribution in [0.4, 0.5) is 0 Å². The van der Waals surface area contributed by atoms with E-state index in [1.165, 1.54) is 0 Å². The molecule has 0 saturated carbocycles. The third kappa shape index (κ3) is 4.66. The Morgan fingerprint density at radius 3 is 2.25 bits per heavy atom. The average Bonchev–Trinajstić information content (AvgIpc) is 2.03. The van der Waals surface area contributed by atoms with E-state index >= 15 is 0 Å². The molecule has 0 fully saturated rings. The summed E-state index contributed by atoms with van der Waals surface area (Å²) in [5.41, 5.74) is 0. The van der Waals surface area contributed by atoms with Crippen molar-refractivity contribution in [3.8, 4) is 0 Å². The number of likely N-dealkylation sites (N-methyl/N-ethyl adjacent to an activating group) is 1.